The van der Waals surface area contributed by atoms with Gasteiger partial charge in [0.2, 0.25) is 5.91 Å². The van der Waals surface area contributed by atoms with Crippen LogP contribution in [0.15, 0.2) is 24.3 Å². The zero-order chi connectivity index (χ0) is 15.5. The fraction of sp³-hybridized carbons (Fsp3) is 0.500. The van der Waals surface area contributed by atoms with Gasteiger partial charge in [-0.25, -0.2) is 4.98 Å². The Labute approximate surface area is 129 Å². The highest BCUT2D eigenvalue weighted by atomic mass is 16.3. The van der Waals surface area contributed by atoms with Crippen LogP contribution in [0.2, 0.25) is 0 Å². The molecule has 1 aliphatic rings. The molecule has 3 rings (SSSR count). The minimum absolute atomic E-state index is 0.0393. The van der Waals surface area contributed by atoms with Crippen LogP contribution in [0.4, 0.5) is 0 Å². The maximum Gasteiger partial charge on any atom is 0.220 e. The average molecular weight is 302 g/mol. The number of H-pyrrole nitrogens is 1. The number of rotatable bonds is 5. The van der Waals surface area contributed by atoms with E-state index in [1.165, 1.54) is 0 Å². The lowest BCUT2D eigenvalue weighted by molar-refractivity contribution is -0.121. The van der Waals surface area contributed by atoms with Crippen molar-refractivity contribution in [1.29, 1.82) is 0 Å². The van der Waals surface area contributed by atoms with E-state index >= 15 is 0 Å². The van der Waals surface area contributed by atoms with E-state index in [1.54, 1.807) is 0 Å². The van der Waals surface area contributed by atoms with Crippen molar-refractivity contribution in [2.75, 3.05) is 20.2 Å². The fourth-order valence-electron chi connectivity index (χ4n) is 3.05. The third kappa shape index (κ3) is 3.28. The van der Waals surface area contributed by atoms with Crippen molar-refractivity contribution in [2.24, 2.45) is 0 Å². The van der Waals surface area contributed by atoms with Crippen LogP contribution < -0.4 is 5.32 Å². The molecule has 1 fully saturated rings. The van der Waals surface area contributed by atoms with Gasteiger partial charge in [0.15, 0.2) is 0 Å². The summed E-state index contributed by atoms with van der Waals surface area (Å²) in [7, 11) is 1.97. The van der Waals surface area contributed by atoms with Crippen LogP contribution >= 0.6 is 0 Å². The van der Waals surface area contributed by atoms with E-state index in [1.807, 2.05) is 31.3 Å². The maximum absolute atomic E-state index is 12.1. The standard InChI is InChI=1S/C16H22N4O2/c1-20-9-11(8-12(20)10-21)17-16(22)7-6-15-18-13-4-2-3-5-14(13)19-15/h2-5,11-12,21H,6-10H2,1H3,(H,17,22)(H,18,19)/t11-,12+/m1/s1. The number of hydrogen-bond donors (Lipinski definition) is 3. The number of aromatic amines is 1. The summed E-state index contributed by atoms with van der Waals surface area (Å²) in [6.45, 7) is 0.934. The van der Waals surface area contributed by atoms with Crippen molar-refractivity contribution in [3.8, 4) is 0 Å². The van der Waals surface area contributed by atoms with Crippen LogP contribution in [-0.2, 0) is 11.2 Å². The first-order valence-electron chi connectivity index (χ1n) is 7.70. The predicted molar refractivity (Wildman–Crippen MR) is 84.5 cm³/mol. The molecule has 2 atom stereocenters. The summed E-state index contributed by atoms with van der Waals surface area (Å²) in [6, 6.07) is 8.14. The van der Waals surface area contributed by atoms with Gasteiger partial charge in [-0.2, -0.15) is 0 Å². The Morgan fingerprint density at radius 1 is 1.50 bits per heavy atom. The van der Waals surface area contributed by atoms with Crippen molar-refractivity contribution in [2.45, 2.75) is 31.3 Å². The van der Waals surface area contributed by atoms with Crippen molar-refractivity contribution in [1.82, 2.24) is 20.2 Å². The van der Waals surface area contributed by atoms with E-state index in [0.717, 1.165) is 29.8 Å². The van der Waals surface area contributed by atoms with Crippen LogP contribution in [0.25, 0.3) is 11.0 Å². The van der Waals surface area contributed by atoms with E-state index in [-0.39, 0.29) is 24.6 Å². The summed E-state index contributed by atoms with van der Waals surface area (Å²) >= 11 is 0. The first-order valence-corrected chi connectivity index (χ1v) is 7.70. The monoisotopic (exact) mass is 302 g/mol. The smallest absolute Gasteiger partial charge is 0.220 e. The maximum atomic E-state index is 12.1. The molecule has 22 heavy (non-hydrogen) atoms. The van der Waals surface area contributed by atoms with Gasteiger partial charge in [0.25, 0.3) is 0 Å². The molecule has 0 unspecified atom stereocenters. The molecule has 0 radical (unpaired) electrons. The average Bonchev–Trinajstić information content (AvgIpc) is 3.07. The Balaban J connectivity index is 1.50. The second-order valence-electron chi connectivity index (χ2n) is 5.98. The van der Waals surface area contributed by atoms with Crippen LogP contribution in [0, 0.1) is 0 Å². The van der Waals surface area contributed by atoms with Gasteiger partial charge < -0.3 is 15.4 Å². The van der Waals surface area contributed by atoms with Crippen LogP contribution in [0.5, 0.6) is 0 Å². The van der Waals surface area contributed by atoms with Crippen LogP contribution in [0.1, 0.15) is 18.7 Å². The first kappa shape index (κ1) is 15.0. The zero-order valence-electron chi connectivity index (χ0n) is 12.7. The summed E-state index contributed by atoms with van der Waals surface area (Å²) in [5, 5.41) is 12.3. The number of likely N-dealkylation sites (N-methyl/N-ethyl adjacent to an activating group) is 1. The summed E-state index contributed by atoms with van der Waals surface area (Å²) in [4.78, 5) is 21.9. The second kappa shape index (κ2) is 6.46. The molecule has 2 aromatic rings. The Morgan fingerprint density at radius 3 is 3.05 bits per heavy atom. The number of aliphatic hydroxyl groups is 1. The third-order valence-corrected chi connectivity index (χ3v) is 4.29. The minimum Gasteiger partial charge on any atom is -0.395 e. The number of nitrogens with zero attached hydrogens (tertiary/aromatic N) is 2. The molecular formula is C16H22N4O2. The van der Waals surface area contributed by atoms with Gasteiger partial charge in [-0.05, 0) is 25.6 Å². The third-order valence-electron chi connectivity index (χ3n) is 4.29. The van der Waals surface area contributed by atoms with E-state index < -0.39 is 0 Å². The molecular weight excluding hydrogens is 280 g/mol. The Bertz CT molecular complexity index is 621. The number of aliphatic hydroxyl groups excluding tert-OH is 1. The number of aryl methyl sites for hydroxylation is 1. The van der Waals surface area contributed by atoms with Crippen LogP contribution in [-0.4, -0.2) is 58.2 Å². The number of carbonyl (C=O) groups excluding carboxylic acids is 1. The lowest BCUT2D eigenvalue weighted by atomic mass is 10.1. The van der Waals surface area contributed by atoms with Crippen molar-refractivity contribution in [3.63, 3.8) is 0 Å². The molecule has 0 spiro atoms. The Morgan fingerprint density at radius 2 is 2.32 bits per heavy atom. The van der Waals surface area contributed by atoms with Gasteiger partial charge in [0.05, 0.1) is 17.6 Å². The number of aromatic nitrogens is 2. The molecule has 6 nitrogen and oxygen atoms in total. The molecule has 1 aromatic carbocycles. The molecule has 1 aliphatic heterocycles. The molecule has 0 saturated carbocycles. The van der Waals surface area contributed by atoms with Crippen molar-refractivity contribution >= 4 is 16.9 Å². The SMILES string of the molecule is CN1C[C@H](NC(=O)CCc2nc3ccccc3[nH]2)C[C@H]1CO. The topological polar surface area (TPSA) is 81.2 Å². The van der Waals surface area contributed by atoms with Crippen molar-refractivity contribution in [3.05, 3.63) is 30.1 Å². The summed E-state index contributed by atoms with van der Waals surface area (Å²) in [5.74, 6) is 0.880. The Kier molecular flexibility index (Phi) is 4.40. The van der Waals surface area contributed by atoms with E-state index in [0.29, 0.717) is 12.8 Å². The molecule has 0 bridgehead atoms. The number of para-hydroxylation sites is 2. The quantitative estimate of drug-likeness (QED) is 0.758. The van der Waals surface area contributed by atoms with Gasteiger partial charge in [-0.3, -0.25) is 9.69 Å². The summed E-state index contributed by atoms with van der Waals surface area (Å²) in [6.07, 6.45) is 1.83. The highest BCUT2D eigenvalue weighted by Crippen LogP contribution is 2.15. The summed E-state index contributed by atoms with van der Waals surface area (Å²) < 4.78 is 0. The molecule has 0 aliphatic carbocycles. The van der Waals surface area contributed by atoms with Gasteiger partial charge in [0, 0.05) is 31.5 Å². The van der Waals surface area contributed by atoms with Gasteiger partial charge >= 0.3 is 0 Å². The molecule has 118 valence electrons. The van der Waals surface area contributed by atoms with E-state index in [4.69, 9.17) is 0 Å². The number of nitrogens with one attached hydrogen (secondary N) is 2. The van der Waals surface area contributed by atoms with Gasteiger partial charge in [-0.1, -0.05) is 12.1 Å². The fourth-order valence-corrected chi connectivity index (χ4v) is 3.05. The number of likely N-dealkylation sites (tertiary alicyclic amines) is 1. The number of imidazole rings is 1. The highest BCUT2D eigenvalue weighted by Gasteiger charge is 2.29. The van der Waals surface area contributed by atoms with E-state index in [2.05, 4.69) is 20.2 Å². The molecule has 2 heterocycles. The predicted octanol–water partition coefficient (Wildman–Crippen LogP) is 0.677. The minimum atomic E-state index is 0.0393. The lowest BCUT2D eigenvalue weighted by Gasteiger charge is -2.15. The zero-order valence-corrected chi connectivity index (χ0v) is 12.7. The largest absolute Gasteiger partial charge is 0.395 e. The summed E-state index contributed by atoms with van der Waals surface area (Å²) in [5.41, 5.74) is 1.93. The normalized spacial score (nSPS) is 22.3. The first-order chi connectivity index (χ1) is 10.7. The highest BCUT2D eigenvalue weighted by molar-refractivity contribution is 5.77. The number of hydrogen-bond acceptors (Lipinski definition) is 4. The molecule has 1 aromatic heterocycles. The molecule has 3 N–H and O–H groups in total. The van der Waals surface area contributed by atoms with Crippen LogP contribution in [0.3, 0.4) is 0 Å². The lowest BCUT2D eigenvalue weighted by Crippen LogP contribution is -2.36. The number of carbonyl (C=O) groups is 1. The number of benzene rings is 1. The molecule has 1 saturated heterocycles. The second-order valence-corrected chi connectivity index (χ2v) is 5.98. The molecule has 1 amide bonds. The van der Waals surface area contributed by atoms with Crippen molar-refractivity contribution < 1.29 is 9.90 Å². The number of fused-ring (bicyclic) bond motifs is 1. The molecule has 6 heteroatoms. The van der Waals surface area contributed by atoms with Gasteiger partial charge in [-0.15, -0.1) is 0 Å². The number of amides is 1. The Hall–Kier alpha value is -1.92. The van der Waals surface area contributed by atoms with E-state index in [9.17, 15) is 9.90 Å². The van der Waals surface area contributed by atoms with Gasteiger partial charge in [0.1, 0.15) is 5.82 Å².